The molecule has 0 heterocycles. The van der Waals surface area contributed by atoms with Crippen LogP contribution < -0.4 is 11.1 Å². The number of hydrogen-bond donors (Lipinski definition) is 2. The zero-order chi connectivity index (χ0) is 14.3. The molecule has 0 bridgehead atoms. The van der Waals surface area contributed by atoms with E-state index < -0.39 is 0 Å². The summed E-state index contributed by atoms with van der Waals surface area (Å²) < 4.78 is 5.39. The molecule has 1 aromatic rings. The molecule has 0 radical (unpaired) electrons. The van der Waals surface area contributed by atoms with E-state index in [2.05, 4.69) is 19.2 Å². The van der Waals surface area contributed by atoms with Crippen LogP contribution in [0.4, 0.5) is 11.4 Å². The summed E-state index contributed by atoms with van der Waals surface area (Å²) in [5.41, 5.74) is 6.76. The summed E-state index contributed by atoms with van der Waals surface area (Å²) in [6, 6.07) is 5.02. The zero-order valence-electron chi connectivity index (χ0n) is 11.4. The van der Waals surface area contributed by atoms with Gasteiger partial charge in [0.25, 0.3) is 0 Å². The number of carbonyl (C=O) groups is 1. The molecule has 5 heteroatoms. The number of hydrogen-bond acceptors (Lipinski definition) is 3. The highest BCUT2D eigenvalue weighted by Crippen LogP contribution is 2.22. The zero-order valence-corrected chi connectivity index (χ0v) is 12.2. The van der Waals surface area contributed by atoms with E-state index in [-0.39, 0.29) is 5.91 Å². The van der Waals surface area contributed by atoms with Gasteiger partial charge in [0.05, 0.1) is 23.7 Å². The van der Waals surface area contributed by atoms with Crippen LogP contribution in [0, 0.1) is 5.92 Å². The molecule has 0 spiro atoms. The van der Waals surface area contributed by atoms with Crippen molar-refractivity contribution in [3.8, 4) is 0 Å². The molecule has 0 saturated heterocycles. The topological polar surface area (TPSA) is 64.3 Å². The summed E-state index contributed by atoms with van der Waals surface area (Å²) in [4.78, 5) is 11.6. The molecule has 1 aromatic carbocycles. The molecule has 0 aromatic heterocycles. The third kappa shape index (κ3) is 6.45. The van der Waals surface area contributed by atoms with E-state index in [1.165, 1.54) is 0 Å². The highest BCUT2D eigenvalue weighted by molar-refractivity contribution is 6.33. The molecule has 0 fully saturated rings. The van der Waals surface area contributed by atoms with Crippen LogP contribution >= 0.6 is 11.6 Å². The number of ether oxygens (including phenoxy) is 1. The smallest absolute Gasteiger partial charge is 0.226 e. The van der Waals surface area contributed by atoms with E-state index in [0.29, 0.717) is 41.9 Å². The van der Waals surface area contributed by atoms with Crippen molar-refractivity contribution in [2.45, 2.75) is 26.7 Å². The average molecular weight is 285 g/mol. The van der Waals surface area contributed by atoms with Gasteiger partial charge in [0.1, 0.15) is 0 Å². The van der Waals surface area contributed by atoms with Crippen molar-refractivity contribution in [3.63, 3.8) is 0 Å². The maximum absolute atomic E-state index is 11.6. The Morgan fingerprint density at radius 1 is 1.42 bits per heavy atom. The largest absolute Gasteiger partial charge is 0.397 e. The van der Waals surface area contributed by atoms with Crippen LogP contribution in [0.2, 0.25) is 5.02 Å². The standard InChI is InChI=1S/C14H21ClN2O2/c1-10(2)5-7-19-8-6-14(18)17-11-3-4-12(15)13(16)9-11/h3-4,9-10H,5-8,16H2,1-2H3,(H,17,18). The molecule has 1 rings (SSSR count). The second-order valence-electron chi connectivity index (χ2n) is 4.83. The molecule has 0 saturated carbocycles. The minimum Gasteiger partial charge on any atom is -0.397 e. The summed E-state index contributed by atoms with van der Waals surface area (Å²) >= 11 is 5.80. The van der Waals surface area contributed by atoms with Gasteiger partial charge in [-0.25, -0.2) is 0 Å². The monoisotopic (exact) mass is 284 g/mol. The lowest BCUT2D eigenvalue weighted by molar-refractivity contribution is -0.117. The Morgan fingerprint density at radius 3 is 2.79 bits per heavy atom. The number of nitrogens with one attached hydrogen (secondary N) is 1. The summed E-state index contributed by atoms with van der Waals surface area (Å²) in [6.07, 6.45) is 1.34. The molecule has 0 aliphatic carbocycles. The first-order valence-corrected chi connectivity index (χ1v) is 6.79. The second kappa shape index (κ2) is 8.02. The van der Waals surface area contributed by atoms with Gasteiger partial charge in [0.15, 0.2) is 0 Å². The average Bonchev–Trinajstić information content (AvgIpc) is 2.33. The Kier molecular flexibility index (Phi) is 6.67. The Morgan fingerprint density at radius 2 is 2.16 bits per heavy atom. The minimum absolute atomic E-state index is 0.0914. The molecule has 0 aliphatic heterocycles. The van der Waals surface area contributed by atoms with Gasteiger partial charge in [-0.1, -0.05) is 25.4 Å². The van der Waals surface area contributed by atoms with Gasteiger partial charge in [-0.05, 0) is 30.5 Å². The fourth-order valence-corrected chi connectivity index (χ4v) is 1.55. The summed E-state index contributed by atoms with van der Waals surface area (Å²) in [7, 11) is 0. The van der Waals surface area contributed by atoms with E-state index in [4.69, 9.17) is 22.1 Å². The predicted octanol–water partition coefficient (Wildman–Crippen LogP) is 3.31. The molecular weight excluding hydrogens is 264 g/mol. The van der Waals surface area contributed by atoms with Gasteiger partial charge in [-0.3, -0.25) is 4.79 Å². The number of carbonyl (C=O) groups excluding carboxylic acids is 1. The maximum Gasteiger partial charge on any atom is 0.226 e. The first-order chi connectivity index (χ1) is 8.99. The van der Waals surface area contributed by atoms with E-state index in [0.717, 1.165) is 6.42 Å². The van der Waals surface area contributed by atoms with Crippen molar-refractivity contribution in [1.29, 1.82) is 0 Å². The minimum atomic E-state index is -0.0914. The fourth-order valence-electron chi connectivity index (χ4n) is 1.43. The third-order valence-electron chi connectivity index (χ3n) is 2.59. The summed E-state index contributed by atoms with van der Waals surface area (Å²) in [5.74, 6) is 0.525. The van der Waals surface area contributed by atoms with Crippen molar-refractivity contribution >= 4 is 28.9 Å². The van der Waals surface area contributed by atoms with Crippen LogP contribution in [0.1, 0.15) is 26.7 Å². The Hall–Kier alpha value is -1.26. The van der Waals surface area contributed by atoms with Gasteiger partial charge in [-0.2, -0.15) is 0 Å². The molecule has 0 unspecified atom stereocenters. The highest BCUT2D eigenvalue weighted by Gasteiger charge is 2.04. The van der Waals surface area contributed by atoms with Crippen molar-refractivity contribution < 1.29 is 9.53 Å². The third-order valence-corrected chi connectivity index (χ3v) is 2.94. The molecule has 19 heavy (non-hydrogen) atoms. The Bertz CT molecular complexity index is 422. The molecule has 4 nitrogen and oxygen atoms in total. The lowest BCUT2D eigenvalue weighted by Gasteiger charge is -2.08. The summed E-state index contributed by atoms with van der Waals surface area (Å²) in [5, 5.41) is 3.23. The van der Waals surface area contributed by atoms with Gasteiger partial charge >= 0.3 is 0 Å². The van der Waals surface area contributed by atoms with Crippen LogP contribution in [0.25, 0.3) is 0 Å². The fraction of sp³-hybridized carbons (Fsp3) is 0.500. The lowest BCUT2D eigenvalue weighted by Crippen LogP contribution is -2.14. The van der Waals surface area contributed by atoms with Crippen LogP contribution in [-0.4, -0.2) is 19.1 Å². The molecule has 0 atom stereocenters. The second-order valence-corrected chi connectivity index (χ2v) is 5.24. The number of nitrogens with two attached hydrogens (primary N) is 1. The van der Waals surface area contributed by atoms with Gasteiger partial charge in [0, 0.05) is 12.3 Å². The first kappa shape index (κ1) is 15.8. The van der Waals surface area contributed by atoms with Crippen LogP contribution in [-0.2, 0) is 9.53 Å². The van der Waals surface area contributed by atoms with Crippen LogP contribution in [0.3, 0.4) is 0 Å². The van der Waals surface area contributed by atoms with E-state index in [1.54, 1.807) is 18.2 Å². The first-order valence-electron chi connectivity index (χ1n) is 6.41. The highest BCUT2D eigenvalue weighted by atomic mass is 35.5. The SMILES string of the molecule is CC(C)CCOCCC(=O)Nc1ccc(Cl)c(N)c1. The van der Waals surface area contributed by atoms with E-state index >= 15 is 0 Å². The number of nitrogen functional groups attached to an aromatic ring is 1. The van der Waals surface area contributed by atoms with E-state index in [1.807, 2.05) is 0 Å². The maximum atomic E-state index is 11.6. The summed E-state index contributed by atoms with van der Waals surface area (Å²) in [6.45, 7) is 5.41. The molecular formula is C14H21ClN2O2. The quantitative estimate of drug-likeness (QED) is 0.596. The van der Waals surface area contributed by atoms with Crippen molar-refractivity contribution in [2.75, 3.05) is 24.3 Å². The Balaban J connectivity index is 2.25. The normalized spacial score (nSPS) is 10.7. The van der Waals surface area contributed by atoms with E-state index in [9.17, 15) is 4.79 Å². The predicted molar refractivity (Wildman–Crippen MR) is 79.4 cm³/mol. The molecule has 3 N–H and O–H groups in total. The van der Waals surface area contributed by atoms with Gasteiger partial charge < -0.3 is 15.8 Å². The van der Waals surface area contributed by atoms with Gasteiger partial charge in [0.2, 0.25) is 5.91 Å². The number of anilines is 2. The Labute approximate surface area is 119 Å². The van der Waals surface area contributed by atoms with Crippen molar-refractivity contribution in [2.24, 2.45) is 5.92 Å². The number of benzene rings is 1. The number of halogens is 1. The van der Waals surface area contributed by atoms with Crippen LogP contribution in [0.5, 0.6) is 0 Å². The molecule has 1 amide bonds. The van der Waals surface area contributed by atoms with Gasteiger partial charge in [-0.15, -0.1) is 0 Å². The number of amides is 1. The van der Waals surface area contributed by atoms with Crippen LogP contribution in [0.15, 0.2) is 18.2 Å². The number of rotatable bonds is 7. The van der Waals surface area contributed by atoms with Crippen molar-refractivity contribution in [1.82, 2.24) is 0 Å². The lowest BCUT2D eigenvalue weighted by atomic mass is 10.1. The molecule has 0 aliphatic rings. The molecule has 106 valence electrons. The van der Waals surface area contributed by atoms with Crippen molar-refractivity contribution in [3.05, 3.63) is 23.2 Å².